The molecule has 0 radical (unpaired) electrons. The highest BCUT2D eigenvalue weighted by atomic mass is 35.5. The number of nitrogens with zero attached hydrogens (tertiary/aromatic N) is 9. The molecule has 4 aliphatic heterocycles. The number of ether oxygens (including phenoxy) is 1. The van der Waals surface area contributed by atoms with Gasteiger partial charge < -0.3 is 29.7 Å². The summed E-state index contributed by atoms with van der Waals surface area (Å²) in [5.41, 5.74) is 6.96. The van der Waals surface area contributed by atoms with E-state index in [4.69, 9.17) is 26.7 Å². The quantitative estimate of drug-likeness (QED) is 0.145. The number of hydrogen-bond acceptors (Lipinski definition) is 9. The second kappa shape index (κ2) is 20.1. The Morgan fingerprint density at radius 3 is 2.31 bits per heavy atom. The fourth-order valence-corrected chi connectivity index (χ4v) is 11.5. The van der Waals surface area contributed by atoms with Crippen LogP contribution in [-0.2, 0) is 36.0 Å². The summed E-state index contributed by atoms with van der Waals surface area (Å²) in [5, 5.41) is 22.3. The Bertz CT molecular complexity index is 2800. The molecule has 0 atom stereocenters. The number of rotatable bonds is 10. The van der Waals surface area contributed by atoms with Gasteiger partial charge in [0.05, 0.1) is 35.5 Å². The standard InChI is InChI=1S/C53H59ClF2N10O4/c1-33(67)64-25-19-48-46(32-64)51(65-20-3-4-36-26-44(38-30-58-61(2)31-38)45(50(55)56)28-49(36)65)60-66(48)41-17-23-63(24-18-41)53(69)35-15-21-62(22-16-35)40-10-5-34(6-11-40)52(68)59-39-8-13-42(14-9-39)70-43-12-7-37(29-57)47(54)27-43/h5-7,10-12,26-28,30-31,35,39,41-42,50H,3-4,8-9,13-25,32H2,1-2H3,(H,59,68). The Morgan fingerprint density at radius 1 is 0.886 bits per heavy atom. The van der Waals surface area contributed by atoms with Gasteiger partial charge in [0.25, 0.3) is 12.3 Å². The molecule has 3 aromatic carbocycles. The van der Waals surface area contributed by atoms with Crippen LogP contribution in [0.15, 0.2) is 67.0 Å². The number of anilines is 3. The normalized spacial score (nSPS) is 20.0. The van der Waals surface area contributed by atoms with Crippen molar-refractivity contribution >= 4 is 46.5 Å². The lowest BCUT2D eigenvalue weighted by Gasteiger charge is -2.38. The second-order valence-electron chi connectivity index (χ2n) is 19.6. The largest absolute Gasteiger partial charge is 0.490 e. The first kappa shape index (κ1) is 47.2. The first-order valence-electron chi connectivity index (χ1n) is 24.8. The Hall–Kier alpha value is -6.47. The molecule has 5 aliphatic rings. The summed E-state index contributed by atoms with van der Waals surface area (Å²) in [6.45, 7) is 5.96. The maximum atomic E-state index is 14.8. The van der Waals surface area contributed by atoms with Crippen LogP contribution in [0.3, 0.4) is 0 Å². The van der Waals surface area contributed by atoms with Crippen molar-refractivity contribution in [2.45, 2.75) is 109 Å². The van der Waals surface area contributed by atoms with Crippen LogP contribution in [0.1, 0.15) is 115 Å². The molecule has 10 rings (SSSR count). The molecule has 2 saturated heterocycles. The van der Waals surface area contributed by atoms with E-state index in [2.05, 4.69) is 31.0 Å². The van der Waals surface area contributed by atoms with Gasteiger partial charge in [0.2, 0.25) is 11.8 Å². The molecule has 3 fully saturated rings. The van der Waals surface area contributed by atoms with Crippen LogP contribution in [0.4, 0.5) is 26.0 Å². The summed E-state index contributed by atoms with van der Waals surface area (Å²) in [6, 6.07) is 18.6. The minimum atomic E-state index is -2.68. The SMILES string of the molecule is CC(=O)N1CCc2c(c(N3CCCc4cc(-c5cnn(C)c5)c(C(F)F)cc43)nn2C2CCN(C(=O)C3CCN(c4ccc(C(=O)NC5CCC(Oc6ccc(C#N)c(Cl)c6)CC5)cc4)CC3)CC2)C1. The molecule has 2 aromatic heterocycles. The number of amides is 3. The van der Waals surface area contributed by atoms with E-state index in [1.54, 1.807) is 55.3 Å². The van der Waals surface area contributed by atoms with E-state index in [0.29, 0.717) is 72.2 Å². The highest BCUT2D eigenvalue weighted by Crippen LogP contribution is 2.44. The van der Waals surface area contributed by atoms with Gasteiger partial charge in [-0.3, -0.25) is 23.7 Å². The minimum Gasteiger partial charge on any atom is -0.490 e. The zero-order valence-electron chi connectivity index (χ0n) is 39.8. The van der Waals surface area contributed by atoms with Crippen LogP contribution < -0.4 is 19.9 Å². The summed E-state index contributed by atoms with van der Waals surface area (Å²) in [6.07, 6.45) is 9.19. The van der Waals surface area contributed by atoms with Crippen molar-refractivity contribution in [1.29, 1.82) is 5.26 Å². The summed E-state index contributed by atoms with van der Waals surface area (Å²) >= 11 is 6.18. The number of likely N-dealkylation sites (tertiary alicyclic amines) is 1. The molecule has 366 valence electrons. The van der Waals surface area contributed by atoms with Gasteiger partial charge in [0, 0.05) is 123 Å². The molecule has 14 nitrogen and oxygen atoms in total. The van der Waals surface area contributed by atoms with Gasteiger partial charge in [-0.1, -0.05) is 11.6 Å². The fraction of sp³-hybridized carbons (Fsp3) is 0.472. The summed E-state index contributed by atoms with van der Waals surface area (Å²) < 4.78 is 39.4. The number of halogens is 3. The molecular weight excluding hydrogens is 914 g/mol. The van der Waals surface area contributed by atoms with E-state index in [0.717, 1.165) is 111 Å². The van der Waals surface area contributed by atoms with E-state index < -0.39 is 6.43 Å². The zero-order chi connectivity index (χ0) is 48.6. The predicted octanol–water partition coefficient (Wildman–Crippen LogP) is 8.94. The number of piperidine rings is 2. The third kappa shape index (κ3) is 9.69. The molecule has 3 amide bonds. The van der Waals surface area contributed by atoms with Crippen LogP contribution in [0, 0.1) is 17.2 Å². The van der Waals surface area contributed by atoms with Crippen LogP contribution in [0.2, 0.25) is 5.02 Å². The average Bonchev–Trinajstić information content (AvgIpc) is 3.99. The van der Waals surface area contributed by atoms with Gasteiger partial charge >= 0.3 is 0 Å². The Balaban J connectivity index is 0.737. The molecule has 17 heteroatoms. The van der Waals surface area contributed by atoms with Crippen LogP contribution in [-0.4, -0.2) is 98.5 Å². The number of hydrogen-bond donors (Lipinski definition) is 1. The average molecular weight is 974 g/mol. The monoisotopic (exact) mass is 972 g/mol. The number of nitriles is 1. The fourth-order valence-electron chi connectivity index (χ4n) is 11.3. The molecular formula is C53H59ClF2N10O4. The first-order valence-corrected chi connectivity index (χ1v) is 25.2. The lowest BCUT2D eigenvalue weighted by Crippen LogP contribution is -2.46. The maximum Gasteiger partial charge on any atom is 0.264 e. The third-order valence-corrected chi connectivity index (χ3v) is 15.5. The summed E-state index contributed by atoms with van der Waals surface area (Å²) in [7, 11) is 1.78. The number of nitrogens with one attached hydrogen (secondary N) is 1. The molecule has 0 unspecified atom stereocenters. The number of carbonyl (C=O) groups excluding carboxylic acids is 3. The molecule has 1 N–H and O–H groups in total. The number of fused-ring (bicyclic) bond motifs is 2. The van der Waals surface area contributed by atoms with Crippen LogP contribution in [0.25, 0.3) is 11.1 Å². The number of alkyl halides is 2. The summed E-state index contributed by atoms with van der Waals surface area (Å²) in [5.74, 6) is 1.42. The molecule has 1 saturated carbocycles. The van der Waals surface area contributed by atoms with Crippen molar-refractivity contribution < 1.29 is 27.9 Å². The van der Waals surface area contributed by atoms with Gasteiger partial charge in [-0.25, -0.2) is 8.78 Å². The molecule has 6 heterocycles. The lowest BCUT2D eigenvalue weighted by atomic mass is 9.92. The lowest BCUT2D eigenvalue weighted by molar-refractivity contribution is -0.137. The van der Waals surface area contributed by atoms with E-state index in [1.165, 1.54) is 0 Å². The highest BCUT2D eigenvalue weighted by molar-refractivity contribution is 6.31. The highest BCUT2D eigenvalue weighted by Gasteiger charge is 2.37. The van der Waals surface area contributed by atoms with Gasteiger partial charge in [0.15, 0.2) is 5.82 Å². The van der Waals surface area contributed by atoms with Crippen molar-refractivity contribution in [3.63, 3.8) is 0 Å². The number of aryl methyl sites for hydroxylation is 2. The molecule has 70 heavy (non-hydrogen) atoms. The van der Waals surface area contributed by atoms with Crippen molar-refractivity contribution in [3.8, 4) is 22.9 Å². The van der Waals surface area contributed by atoms with E-state index in [1.807, 2.05) is 40.1 Å². The Morgan fingerprint density at radius 2 is 1.64 bits per heavy atom. The van der Waals surface area contributed by atoms with E-state index in [9.17, 15) is 23.2 Å². The van der Waals surface area contributed by atoms with Crippen molar-refractivity contribution in [1.82, 2.24) is 34.7 Å². The van der Waals surface area contributed by atoms with Crippen molar-refractivity contribution in [3.05, 3.63) is 106 Å². The minimum absolute atomic E-state index is 0.00767. The second-order valence-corrected chi connectivity index (χ2v) is 20.0. The summed E-state index contributed by atoms with van der Waals surface area (Å²) in [4.78, 5) is 48.2. The maximum absolute atomic E-state index is 14.8. The van der Waals surface area contributed by atoms with E-state index >= 15 is 0 Å². The first-order chi connectivity index (χ1) is 33.9. The molecule has 1 aliphatic carbocycles. The van der Waals surface area contributed by atoms with Crippen molar-refractivity contribution in [2.24, 2.45) is 13.0 Å². The Labute approximate surface area is 412 Å². The third-order valence-electron chi connectivity index (χ3n) is 15.2. The smallest absolute Gasteiger partial charge is 0.264 e. The van der Waals surface area contributed by atoms with Crippen LogP contribution >= 0.6 is 11.6 Å². The Kier molecular flexibility index (Phi) is 13.6. The molecule has 0 bridgehead atoms. The van der Waals surface area contributed by atoms with Crippen molar-refractivity contribution in [2.75, 3.05) is 49.1 Å². The van der Waals surface area contributed by atoms with Gasteiger partial charge in [-0.2, -0.15) is 15.5 Å². The number of aromatic nitrogens is 4. The topological polar surface area (TPSA) is 145 Å². The van der Waals surface area contributed by atoms with Gasteiger partial charge in [-0.15, -0.1) is 0 Å². The predicted molar refractivity (Wildman–Crippen MR) is 262 cm³/mol. The molecule has 5 aromatic rings. The molecule has 0 spiro atoms. The van der Waals surface area contributed by atoms with E-state index in [-0.39, 0.29) is 47.4 Å². The van der Waals surface area contributed by atoms with Gasteiger partial charge in [0.1, 0.15) is 11.8 Å². The number of carbonyl (C=O) groups is 3. The van der Waals surface area contributed by atoms with Gasteiger partial charge in [-0.05, 0) is 124 Å². The zero-order valence-corrected chi connectivity index (χ0v) is 40.5. The number of benzene rings is 3. The van der Waals surface area contributed by atoms with Crippen LogP contribution in [0.5, 0.6) is 5.75 Å².